The first-order valence-electron chi connectivity index (χ1n) is 22.7. The van der Waals surface area contributed by atoms with E-state index in [9.17, 15) is 14.4 Å². The molecule has 306 valence electrons. The molecule has 0 aliphatic rings. The van der Waals surface area contributed by atoms with Gasteiger partial charge in [0.1, 0.15) is 13.2 Å². The number of hydrogen-bond acceptors (Lipinski definition) is 6. The summed E-state index contributed by atoms with van der Waals surface area (Å²) in [6.07, 6.45) is 43.5. The van der Waals surface area contributed by atoms with Crippen LogP contribution in [0, 0.1) is 0 Å². The standard InChI is InChI=1S/C46H86O6/c1-4-7-10-13-16-18-20-22-23-25-27-29-31-34-36-39-45(48)51-42-43(52-46(49)40-37-32-15-12-9-6-3)41-50-44(47)38-35-33-30-28-26-24-21-19-17-14-11-8-5-2/h22-23,43H,4-21,24-42H2,1-3H3/b23-22+. The van der Waals surface area contributed by atoms with Crippen molar-refractivity contribution in [1.82, 2.24) is 0 Å². The molecule has 6 nitrogen and oxygen atoms in total. The molecule has 0 saturated carbocycles. The van der Waals surface area contributed by atoms with Crippen molar-refractivity contribution in [2.24, 2.45) is 0 Å². The van der Waals surface area contributed by atoms with Gasteiger partial charge in [-0.25, -0.2) is 0 Å². The molecular formula is C46H86O6. The second-order valence-electron chi connectivity index (χ2n) is 15.3. The zero-order valence-electron chi connectivity index (χ0n) is 34.8. The van der Waals surface area contributed by atoms with Crippen LogP contribution in [0.25, 0.3) is 0 Å². The van der Waals surface area contributed by atoms with Crippen molar-refractivity contribution in [1.29, 1.82) is 0 Å². The first-order valence-corrected chi connectivity index (χ1v) is 22.7. The van der Waals surface area contributed by atoms with E-state index in [1.54, 1.807) is 0 Å². The molecule has 6 heteroatoms. The fourth-order valence-electron chi connectivity index (χ4n) is 6.55. The van der Waals surface area contributed by atoms with E-state index in [1.807, 2.05) is 0 Å². The van der Waals surface area contributed by atoms with Crippen molar-refractivity contribution in [3.05, 3.63) is 12.2 Å². The van der Waals surface area contributed by atoms with Crippen LogP contribution < -0.4 is 0 Å². The van der Waals surface area contributed by atoms with E-state index in [-0.39, 0.29) is 31.1 Å². The minimum atomic E-state index is -0.763. The third kappa shape index (κ3) is 39.4. The number of allylic oxidation sites excluding steroid dienone is 2. The summed E-state index contributed by atoms with van der Waals surface area (Å²) >= 11 is 0. The van der Waals surface area contributed by atoms with E-state index >= 15 is 0 Å². The van der Waals surface area contributed by atoms with Crippen LogP contribution in [0.5, 0.6) is 0 Å². The number of unbranched alkanes of at least 4 members (excludes halogenated alkanes) is 28. The van der Waals surface area contributed by atoms with Crippen LogP contribution in [0.3, 0.4) is 0 Å². The van der Waals surface area contributed by atoms with E-state index in [0.717, 1.165) is 64.2 Å². The Hall–Kier alpha value is -1.85. The fourth-order valence-corrected chi connectivity index (χ4v) is 6.55. The first-order chi connectivity index (χ1) is 25.5. The molecule has 0 N–H and O–H groups in total. The quantitative estimate of drug-likeness (QED) is 0.0269. The largest absolute Gasteiger partial charge is 0.462 e. The van der Waals surface area contributed by atoms with Crippen molar-refractivity contribution in [3.8, 4) is 0 Å². The molecule has 0 aromatic carbocycles. The monoisotopic (exact) mass is 735 g/mol. The van der Waals surface area contributed by atoms with Crippen LogP contribution in [0.4, 0.5) is 0 Å². The van der Waals surface area contributed by atoms with Gasteiger partial charge in [0.15, 0.2) is 6.10 Å². The minimum Gasteiger partial charge on any atom is -0.462 e. The number of hydrogen-bond donors (Lipinski definition) is 0. The highest BCUT2D eigenvalue weighted by Gasteiger charge is 2.19. The normalized spacial score (nSPS) is 12.0. The van der Waals surface area contributed by atoms with Crippen LogP contribution in [0.1, 0.15) is 245 Å². The van der Waals surface area contributed by atoms with E-state index in [0.29, 0.717) is 19.3 Å². The lowest BCUT2D eigenvalue weighted by molar-refractivity contribution is -0.167. The molecule has 0 spiro atoms. The van der Waals surface area contributed by atoms with Gasteiger partial charge in [-0.15, -0.1) is 0 Å². The molecule has 1 atom stereocenters. The molecule has 52 heavy (non-hydrogen) atoms. The number of rotatable bonds is 41. The van der Waals surface area contributed by atoms with Crippen LogP contribution >= 0.6 is 0 Å². The van der Waals surface area contributed by atoms with E-state index in [2.05, 4.69) is 32.9 Å². The summed E-state index contributed by atoms with van der Waals surface area (Å²) in [5.41, 5.74) is 0. The highest BCUT2D eigenvalue weighted by Crippen LogP contribution is 2.15. The fraction of sp³-hybridized carbons (Fsp3) is 0.891. The molecule has 0 aliphatic carbocycles. The third-order valence-corrected chi connectivity index (χ3v) is 10.0. The lowest BCUT2D eigenvalue weighted by atomic mass is 10.0. The molecule has 0 rings (SSSR count). The van der Waals surface area contributed by atoms with Crippen LogP contribution in [-0.2, 0) is 28.6 Å². The van der Waals surface area contributed by atoms with Gasteiger partial charge in [0.2, 0.25) is 0 Å². The van der Waals surface area contributed by atoms with Gasteiger partial charge in [0, 0.05) is 19.3 Å². The van der Waals surface area contributed by atoms with Crippen molar-refractivity contribution >= 4 is 17.9 Å². The van der Waals surface area contributed by atoms with Crippen molar-refractivity contribution < 1.29 is 28.6 Å². The van der Waals surface area contributed by atoms with Gasteiger partial charge < -0.3 is 14.2 Å². The van der Waals surface area contributed by atoms with Crippen LogP contribution in [-0.4, -0.2) is 37.2 Å². The smallest absolute Gasteiger partial charge is 0.306 e. The molecule has 0 radical (unpaired) electrons. The SMILES string of the molecule is CCCCCCCC/C=C/CCCCCCCC(=O)OCC(COC(=O)CCCCCCCCCCCCCCC)OC(=O)CCCCCCCC. The lowest BCUT2D eigenvalue weighted by Gasteiger charge is -2.18. The Morgan fingerprint density at radius 1 is 0.365 bits per heavy atom. The number of carbonyl (C=O) groups is 3. The van der Waals surface area contributed by atoms with Gasteiger partial charge in [-0.2, -0.15) is 0 Å². The highest BCUT2D eigenvalue weighted by molar-refractivity contribution is 5.71. The Morgan fingerprint density at radius 2 is 0.635 bits per heavy atom. The maximum absolute atomic E-state index is 12.6. The summed E-state index contributed by atoms with van der Waals surface area (Å²) in [5, 5.41) is 0. The maximum Gasteiger partial charge on any atom is 0.306 e. The van der Waals surface area contributed by atoms with Gasteiger partial charge in [0.25, 0.3) is 0 Å². The molecule has 0 aromatic heterocycles. The van der Waals surface area contributed by atoms with Gasteiger partial charge in [-0.05, 0) is 44.9 Å². The average molecular weight is 735 g/mol. The molecule has 0 heterocycles. The second-order valence-corrected chi connectivity index (χ2v) is 15.3. The van der Waals surface area contributed by atoms with Gasteiger partial charge in [-0.1, -0.05) is 193 Å². The predicted molar refractivity (Wildman–Crippen MR) is 220 cm³/mol. The number of carbonyl (C=O) groups excluding carboxylic acids is 3. The summed E-state index contributed by atoms with van der Waals surface area (Å²) in [5.74, 6) is -0.881. The van der Waals surface area contributed by atoms with E-state index in [4.69, 9.17) is 14.2 Å². The third-order valence-electron chi connectivity index (χ3n) is 10.0. The Morgan fingerprint density at radius 3 is 0.962 bits per heavy atom. The van der Waals surface area contributed by atoms with Gasteiger partial charge in [0.05, 0.1) is 0 Å². The van der Waals surface area contributed by atoms with Crippen molar-refractivity contribution in [2.75, 3.05) is 13.2 Å². The van der Waals surface area contributed by atoms with E-state index < -0.39 is 6.10 Å². The molecule has 0 fully saturated rings. The predicted octanol–water partition coefficient (Wildman–Crippen LogP) is 14.3. The number of ether oxygens (including phenoxy) is 3. The summed E-state index contributed by atoms with van der Waals surface area (Å²) < 4.78 is 16.6. The molecule has 0 aliphatic heterocycles. The summed E-state index contributed by atoms with van der Waals surface area (Å²) in [7, 11) is 0. The second kappa shape index (κ2) is 41.9. The summed E-state index contributed by atoms with van der Waals surface area (Å²) in [4.78, 5) is 37.5. The molecule has 0 saturated heterocycles. The van der Waals surface area contributed by atoms with Crippen LogP contribution in [0.2, 0.25) is 0 Å². The minimum absolute atomic E-state index is 0.0692. The number of esters is 3. The Kier molecular flexibility index (Phi) is 40.4. The Balaban J connectivity index is 4.21. The molecular weight excluding hydrogens is 649 g/mol. The molecule has 1 unspecified atom stereocenters. The van der Waals surface area contributed by atoms with Gasteiger partial charge in [-0.3, -0.25) is 14.4 Å². The first kappa shape index (κ1) is 50.1. The zero-order chi connectivity index (χ0) is 38.0. The summed E-state index contributed by atoms with van der Waals surface area (Å²) in [6.45, 7) is 6.57. The topological polar surface area (TPSA) is 78.9 Å². The van der Waals surface area contributed by atoms with Crippen molar-refractivity contribution in [2.45, 2.75) is 252 Å². The molecule has 0 aromatic rings. The van der Waals surface area contributed by atoms with Gasteiger partial charge >= 0.3 is 17.9 Å². The average Bonchev–Trinajstić information content (AvgIpc) is 3.14. The lowest BCUT2D eigenvalue weighted by Crippen LogP contribution is -2.30. The van der Waals surface area contributed by atoms with E-state index in [1.165, 1.54) is 141 Å². The molecule has 0 amide bonds. The Bertz CT molecular complexity index is 809. The maximum atomic E-state index is 12.6. The summed E-state index contributed by atoms with van der Waals surface area (Å²) in [6, 6.07) is 0. The Labute approximate surface area is 322 Å². The van der Waals surface area contributed by atoms with Crippen molar-refractivity contribution in [3.63, 3.8) is 0 Å². The molecule has 0 bridgehead atoms. The highest BCUT2D eigenvalue weighted by atomic mass is 16.6. The van der Waals surface area contributed by atoms with Crippen LogP contribution in [0.15, 0.2) is 12.2 Å². The zero-order valence-corrected chi connectivity index (χ0v) is 34.8.